The van der Waals surface area contributed by atoms with Crippen LogP contribution in [-0.4, -0.2) is 16.6 Å². The van der Waals surface area contributed by atoms with Crippen LogP contribution in [0.5, 0.6) is 0 Å². The minimum atomic E-state index is -1.17. The summed E-state index contributed by atoms with van der Waals surface area (Å²) in [6.07, 6.45) is -1.17. The van der Waals surface area contributed by atoms with Crippen LogP contribution in [0.2, 0.25) is 0 Å². The van der Waals surface area contributed by atoms with Crippen LogP contribution in [0.3, 0.4) is 0 Å². The van der Waals surface area contributed by atoms with E-state index in [9.17, 15) is 19.6 Å². The van der Waals surface area contributed by atoms with Gasteiger partial charge in [0.1, 0.15) is 11.9 Å². The first-order valence-electron chi connectivity index (χ1n) is 3.65. The van der Waals surface area contributed by atoms with Gasteiger partial charge in [0.15, 0.2) is 0 Å². The Balaban J connectivity index is 2.71. The highest BCUT2D eigenvalue weighted by Gasteiger charge is 2.13. The summed E-state index contributed by atoms with van der Waals surface area (Å²) in [4.78, 5) is 9.40. The molecule has 0 saturated carbocycles. The second-order valence-electron chi connectivity index (χ2n) is 2.58. The van der Waals surface area contributed by atoms with Gasteiger partial charge in [-0.2, -0.15) is 0 Å². The van der Waals surface area contributed by atoms with Crippen LogP contribution in [-0.2, 0) is 0 Å². The second kappa shape index (κ2) is 3.95. The van der Waals surface area contributed by atoms with Crippen molar-refractivity contribution >= 4 is 0 Å². The number of aliphatic hydroxyl groups is 1. The SMILES string of the molecule is O=[N+]([O-])CC(O)c1ccc(F)cc1. The molecule has 1 unspecified atom stereocenters. The lowest BCUT2D eigenvalue weighted by Gasteiger charge is -2.04. The zero-order chi connectivity index (χ0) is 9.84. The maximum Gasteiger partial charge on any atom is 0.233 e. The Morgan fingerprint density at radius 2 is 2.00 bits per heavy atom. The molecule has 0 fully saturated rings. The molecule has 0 saturated heterocycles. The van der Waals surface area contributed by atoms with Gasteiger partial charge in [-0.05, 0) is 17.7 Å². The van der Waals surface area contributed by atoms with Crippen LogP contribution in [0.1, 0.15) is 11.7 Å². The van der Waals surface area contributed by atoms with Gasteiger partial charge in [0.05, 0.1) is 0 Å². The van der Waals surface area contributed by atoms with Crippen LogP contribution in [0.15, 0.2) is 24.3 Å². The molecule has 0 aliphatic rings. The molecule has 13 heavy (non-hydrogen) atoms. The second-order valence-corrected chi connectivity index (χ2v) is 2.58. The molecule has 0 spiro atoms. The van der Waals surface area contributed by atoms with Gasteiger partial charge in [0.25, 0.3) is 0 Å². The number of rotatable bonds is 3. The Morgan fingerprint density at radius 3 is 2.46 bits per heavy atom. The lowest BCUT2D eigenvalue weighted by atomic mass is 10.1. The Hall–Kier alpha value is -1.49. The average molecular weight is 185 g/mol. The summed E-state index contributed by atoms with van der Waals surface area (Å²) in [6, 6.07) is 4.95. The van der Waals surface area contributed by atoms with Crippen molar-refractivity contribution in [1.82, 2.24) is 0 Å². The van der Waals surface area contributed by atoms with Gasteiger partial charge in [-0.1, -0.05) is 12.1 Å². The van der Waals surface area contributed by atoms with Crippen molar-refractivity contribution in [1.29, 1.82) is 0 Å². The Bertz CT molecular complexity index is 299. The molecule has 0 aromatic heterocycles. The third-order valence-corrected chi connectivity index (χ3v) is 1.58. The van der Waals surface area contributed by atoms with E-state index < -0.39 is 23.4 Å². The molecule has 70 valence electrons. The first kappa shape index (κ1) is 9.60. The summed E-state index contributed by atoms with van der Waals surface area (Å²) in [5.41, 5.74) is 0.345. The predicted octanol–water partition coefficient (Wildman–Crippen LogP) is 1.14. The van der Waals surface area contributed by atoms with E-state index in [1.54, 1.807) is 0 Å². The number of nitro groups is 1. The maximum atomic E-state index is 12.4. The van der Waals surface area contributed by atoms with E-state index >= 15 is 0 Å². The van der Waals surface area contributed by atoms with Crippen molar-refractivity contribution in [3.05, 3.63) is 45.8 Å². The van der Waals surface area contributed by atoms with E-state index in [1.165, 1.54) is 12.1 Å². The van der Waals surface area contributed by atoms with E-state index in [0.717, 1.165) is 12.1 Å². The number of nitrogens with zero attached hydrogens (tertiary/aromatic N) is 1. The molecule has 0 radical (unpaired) electrons. The molecule has 4 nitrogen and oxygen atoms in total. The van der Waals surface area contributed by atoms with Crippen LogP contribution >= 0.6 is 0 Å². The monoisotopic (exact) mass is 185 g/mol. The Kier molecular flexibility index (Phi) is 2.92. The molecule has 0 bridgehead atoms. The third kappa shape index (κ3) is 2.79. The number of hydrogen-bond acceptors (Lipinski definition) is 3. The summed E-state index contributed by atoms with van der Waals surface area (Å²) in [5.74, 6) is -0.433. The van der Waals surface area contributed by atoms with Crippen molar-refractivity contribution in [2.24, 2.45) is 0 Å². The fourth-order valence-corrected chi connectivity index (χ4v) is 0.932. The molecule has 1 aromatic rings. The Labute approximate surface area is 73.8 Å². The van der Waals surface area contributed by atoms with Gasteiger partial charge in [-0.25, -0.2) is 4.39 Å². The van der Waals surface area contributed by atoms with Crippen molar-refractivity contribution < 1.29 is 14.4 Å². The Morgan fingerprint density at radius 1 is 1.46 bits per heavy atom. The van der Waals surface area contributed by atoms with Gasteiger partial charge in [-0.3, -0.25) is 10.1 Å². The van der Waals surface area contributed by atoms with Crippen LogP contribution in [0.4, 0.5) is 4.39 Å². The van der Waals surface area contributed by atoms with Gasteiger partial charge >= 0.3 is 0 Å². The number of halogens is 1. The predicted molar refractivity (Wildman–Crippen MR) is 43.2 cm³/mol. The van der Waals surface area contributed by atoms with Crippen molar-refractivity contribution in [2.45, 2.75) is 6.10 Å². The molecular formula is C8H8FNO3. The summed E-state index contributed by atoms with van der Waals surface area (Å²) in [6.45, 7) is -0.564. The van der Waals surface area contributed by atoms with Gasteiger partial charge in [0, 0.05) is 4.92 Å². The standard InChI is InChI=1S/C8H8FNO3/c9-7-3-1-6(2-4-7)8(11)5-10(12)13/h1-4,8,11H,5H2. The molecule has 0 amide bonds. The number of hydrogen-bond donors (Lipinski definition) is 1. The molecule has 1 N–H and O–H groups in total. The molecule has 1 rings (SSSR count). The topological polar surface area (TPSA) is 63.4 Å². The molecule has 0 heterocycles. The molecule has 0 aliphatic heterocycles. The van der Waals surface area contributed by atoms with Crippen molar-refractivity contribution in [3.63, 3.8) is 0 Å². The maximum absolute atomic E-state index is 12.4. The summed E-state index contributed by atoms with van der Waals surface area (Å²) in [5, 5.41) is 19.2. The van der Waals surface area contributed by atoms with Crippen molar-refractivity contribution in [2.75, 3.05) is 6.54 Å². The quantitative estimate of drug-likeness (QED) is 0.567. The fraction of sp³-hybridized carbons (Fsp3) is 0.250. The minimum Gasteiger partial charge on any atom is -0.382 e. The first-order chi connectivity index (χ1) is 6.09. The van der Waals surface area contributed by atoms with Crippen molar-refractivity contribution in [3.8, 4) is 0 Å². The molecule has 1 atom stereocenters. The zero-order valence-electron chi connectivity index (χ0n) is 6.68. The fourth-order valence-electron chi connectivity index (χ4n) is 0.932. The minimum absolute atomic E-state index is 0.345. The van der Waals surface area contributed by atoms with Crippen LogP contribution < -0.4 is 0 Å². The highest BCUT2D eigenvalue weighted by atomic mass is 19.1. The van der Waals surface area contributed by atoms with Crippen LogP contribution in [0, 0.1) is 15.9 Å². The van der Waals surface area contributed by atoms with E-state index in [0.29, 0.717) is 5.56 Å². The van der Waals surface area contributed by atoms with Gasteiger partial charge in [0.2, 0.25) is 6.54 Å². The zero-order valence-corrected chi connectivity index (χ0v) is 6.68. The molecular weight excluding hydrogens is 177 g/mol. The van der Waals surface area contributed by atoms with E-state index in [-0.39, 0.29) is 0 Å². The van der Waals surface area contributed by atoms with Crippen LogP contribution in [0.25, 0.3) is 0 Å². The third-order valence-electron chi connectivity index (χ3n) is 1.58. The van der Waals surface area contributed by atoms with Gasteiger partial charge in [-0.15, -0.1) is 0 Å². The van der Waals surface area contributed by atoms with E-state index in [4.69, 9.17) is 0 Å². The summed E-state index contributed by atoms with van der Waals surface area (Å²) in [7, 11) is 0. The smallest absolute Gasteiger partial charge is 0.233 e. The first-order valence-corrected chi connectivity index (χ1v) is 3.65. The highest BCUT2D eigenvalue weighted by Crippen LogP contribution is 2.12. The molecule has 1 aromatic carbocycles. The lowest BCUT2D eigenvalue weighted by Crippen LogP contribution is -2.11. The lowest BCUT2D eigenvalue weighted by molar-refractivity contribution is -0.491. The largest absolute Gasteiger partial charge is 0.382 e. The van der Waals surface area contributed by atoms with Gasteiger partial charge < -0.3 is 5.11 Å². The summed E-state index contributed by atoms with van der Waals surface area (Å²) >= 11 is 0. The number of benzene rings is 1. The van der Waals surface area contributed by atoms with E-state index in [2.05, 4.69) is 0 Å². The van der Waals surface area contributed by atoms with E-state index in [1.807, 2.05) is 0 Å². The molecule has 5 heteroatoms. The molecule has 0 aliphatic carbocycles. The number of aliphatic hydroxyl groups excluding tert-OH is 1. The summed E-state index contributed by atoms with van der Waals surface area (Å²) < 4.78 is 12.4. The normalized spacial score (nSPS) is 12.5. The highest BCUT2D eigenvalue weighted by molar-refractivity contribution is 5.18. The average Bonchev–Trinajstić information content (AvgIpc) is 2.04.